The lowest BCUT2D eigenvalue weighted by molar-refractivity contribution is -0.136. The van der Waals surface area contributed by atoms with Gasteiger partial charge in [-0.05, 0) is 43.6 Å². The minimum atomic E-state index is 0. The third kappa shape index (κ3) is 5.70. The Bertz CT molecular complexity index is 274. The van der Waals surface area contributed by atoms with Crippen LogP contribution < -0.4 is 5.73 Å². The Hall–Kier alpha value is -0.280. The fourth-order valence-corrected chi connectivity index (χ4v) is 2.51. The molecule has 3 nitrogen and oxygen atoms in total. The number of likely N-dealkylation sites (tertiary alicyclic amines) is 1. The molecule has 0 aliphatic carbocycles. The van der Waals surface area contributed by atoms with Gasteiger partial charge in [0.05, 0.1) is 0 Å². The summed E-state index contributed by atoms with van der Waals surface area (Å²) in [6.45, 7) is 10.4. The van der Waals surface area contributed by atoms with Gasteiger partial charge >= 0.3 is 0 Å². The number of piperidine rings is 1. The number of carbonyl (C=O) groups excluding carboxylic acids is 1. The zero-order chi connectivity index (χ0) is 13.8. The highest BCUT2D eigenvalue weighted by atomic mass is 35.5. The maximum absolute atomic E-state index is 12.4. The lowest BCUT2D eigenvalue weighted by Crippen LogP contribution is -2.45. The molecule has 0 bridgehead atoms. The fourth-order valence-electron chi connectivity index (χ4n) is 2.51. The summed E-state index contributed by atoms with van der Waals surface area (Å²) in [5.41, 5.74) is 5.86. The highest BCUT2D eigenvalue weighted by molar-refractivity contribution is 5.85. The molecule has 1 aliphatic heterocycles. The van der Waals surface area contributed by atoms with Crippen LogP contribution in [0.4, 0.5) is 0 Å². The van der Waals surface area contributed by atoms with Gasteiger partial charge in [-0.2, -0.15) is 0 Å². The molecule has 2 N–H and O–H groups in total. The number of nitrogens with two attached hydrogens (primary N) is 1. The monoisotopic (exact) mass is 290 g/mol. The van der Waals surface area contributed by atoms with Gasteiger partial charge < -0.3 is 10.6 Å². The van der Waals surface area contributed by atoms with Crippen molar-refractivity contribution in [2.45, 2.75) is 65.8 Å². The first-order chi connectivity index (χ1) is 8.36. The summed E-state index contributed by atoms with van der Waals surface area (Å²) in [7, 11) is 0. The van der Waals surface area contributed by atoms with Crippen LogP contribution in [-0.2, 0) is 4.79 Å². The third-order valence-corrected chi connectivity index (χ3v) is 4.41. The van der Waals surface area contributed by atoms with E-state index in [4.69, 9.17) is 5.73 Å². The van der Waals surface area contributed by atoms with Crippen LogP contribution >= 0.6 is 12.4 Å². The van der Waals surface area contributed by atoms with E-state index in [-0.39, 0.29) is 17.8 Å². The average molecular weight is 291 g/mol. The smallest absolute Gasteiger partial charge is 0.223 e. The number of halogens is 1. The third-order valence-electron chi connectivity index (χ3n) is 4.41. The Balaban J connectivity index is 0.00000324. The molecule has 4 heteroatoms. The van der Waals surface area contributed by atoms with Crippen LogP contribution in [0.15, 0.2) is 0 Å². The zero-order valence-electron chi connectivity index (χ0n) is 12.9. The van der Waals surface area contributed by atoms with E-state index in [0.29, 0.717) is 30.8 Å². The Morgan fingerprint density at radius 2 is 2.00 bits per heavy atom. The molecule has 1 heterocycles. The second-order valence-electron chi connectivity index (χ2n) is 6.79. The summed E-state index contributed by atoms with van der Waals surface area (Å²) < 4.78 is 0. The van der Waals surface area contributed by atoms with E-state index < -0.39 is 0 Å². The largest absolute Gasteiger partial charge is 0.340 e. The van der Waals surface area contributed by atoms with E-state index in [0.717, 1.165) is 25.8 Å². The Morgan fingerprint density at radius 1 is 1.37 bits per heavy atom. The molecule has 0 aromatic heterocycles. The SMILES string of the molecule is CC(CC(=O)N1CCCCC1CCN)C(C)(C)C.Cl. The lowest BCUT2D eigenvalue weighted by Gasteiger charge is -2.37. The van der Waals surface area contributed by atoms with Gasteiger partial charge in [-0.3, -0.25) is 4.79 Å². The molecule has 0 radical (unpaired) electrons. The van der Waals surface area contributed by atoms with Crippen LogP contribution in [0.5, 0.6) is 0 Å². The van der Waals surface area contributed by atoms with Gasteiger partial charge in [0.15, 0.2) is 0 Å². The van der Waals surface area contributed by atoms with E-state index in [1.807, 2.05) is 0 Å². The van der Waals surface area contributed by atoms with Gasteiger partial charge in [0.25, 0.3) is 0 Å². The number of rotatable bonds is 4. The first-order valence-electron chi connectivity index (χ1n) is 7.35. The number of nitrogens with zero attached hydrogens (tertiary/aromatic N) is 1. The van der Waals surface area contributed by atoms with Crippen molar-refractivity contribution in [1.82, 2.24) is 4.90 Å². The lowest BCUT2D eigenvalue weighted by atomic mass is 9.79. The second kappa shape index (κ2) is 8.11. The minimum absolute atomic E-state index is 0. The summed E-state index contributed by atoms with van der Waals surface area (Å²) in [5, 5.41) is 0. The Morgan fingerprint density at radius 3 is 2.53 bits per heavy atom. The molecule has 1 aliphatic rings. The van der Waals surface area contributed by atoms with Gasteiger partial charge in [-0.25, -0.2) is 0 Å². The van der Waals surface area contributed by atoms with Crippen LogP contribution in [-0.4, -0.2) is 29.9 Å². The van der Waals surface area contributed by atoms with Gasteiger partial charge in [0, 0.05) is 19.0 Å². The predicted molar refractivity (Wildman–Crippen MR) is 83.5 cm³/mol. The van der Waals surface area contributed by atoms with Crippen molar-refractivity contribution in [2.75, 3.05) is 13.1 Å². The molecule has 2 atom stereocenters. The number of hydrogen-bond donors (Lipinski definition) is 1. The number of carbonyl (C=O) groups is 1. The van der Waals surface area contributed by atoms with Crippen LogP contribution in [0.2, 0.25) is 0 Å². The molecular weight excluding hydrogens is 260 g/mol. The summed E-state index contributed by atoms with van der Waals surface area (Å²) in [6, 6.07) is 0.392. The van der Waals surface area contributed by atoms with Crippen LogP contribution in [0, 0.1) is 11.3 Å². The minimum Gasteiger partial charge on any atom is -0.340 e. The standard InChI is InChI=1S/C15H30N2O.ClH/c1-12(15(2,3)4)11-14(18)17-10-6-5-7-13(17)8-9-16;/h12-13H,5-11,16H2,1-4H3;1H. The molecule has 114 valence electrons. The quantitative estimate of drug-likeness (QED) is 0.864. The van der Waals surface area contributed by atoms with Gasteiger partial charge in [-0.15, -0.1) is 12.4 Å². The van der Waals surface area contributed by atoms with E-state index in [2.05, 4.69) is 32.6 Å². The van der Waals surface area contributed by atoms with Crippen LogP contribution in [0.25, 0.3) is 0 Å². The molecule has 0 saturated carbocycles. The number of amides is 1. The average Bonchev–Trinajstić information content (AvgIpc) is 2.28. The molecule has 1 saturated heterocycles. The Labute approximate surface area is 124 Å². The van der Waals surface area contributed by atoms with Gasteiger partial charge in [-0.1, -0.05) is 27.7 Å². The molecule has 1 rings (SSSR count). The van der Waals surface area contributed by atoms with E-state index in [9.17, 15) is 4.79 Å². The van der Waals surface area contributed by atoms with Gasteiger partial charge in [0.1, 0.15) is 0 Å². The topological polar surface area (TPSA) is 46.3 Å². The summed E-state index contributed by atoms with van der Waals surface area (Å²) >= 11 is 0. The van der Waals surface area contributed by atoms with E-state index >= 15 is 0 Å². The number of hydrogen-bond acceptors (Lipinski definition) is 2. The second-order valence-corrected chi connectivity index (χ2v) is 6.79. The molecule has 0 spiro atoms. The zero-order valence-corrected chi connectivity index (χ0v) is 13.8. The fraction of sp³-hybridized carbons (Fsp3) is 0.933. The summed E-state index contributed by atoms with van der Waals surface area (Å²) in [6.07, 6.45) is 5.15. The van der Waals surface area contributed by atoms with E-state index in [1.54, 1.807) is 0 Å². The highest BCUT2D eigenvalue weighted by Gasteiger charge is 2.29. The van der Waals surface area contributed by atoms with Crippen LogP contribution in [0.3, 0.4) is 0 Å². The van der Waals surface area contributed by atoms with Crippen molar-refractivity contribution in [1.29, 1.82) is 0 Å². The first-order valence-corrected chi connectivity index (χ1v) is 7.35. The molecule has 2 unspecified atom stereocenters. The van der Waals surface area contributed by atoms with Crippen molar-refractivity contribution < 1.29 is 4.79 Å². The maximum atomic E-state index is 12.4. The molecule has 1 fully saturated rings. The van der Waals surface area contributed by atoms with Crippen molar-refractivity contribution in [3.05, 3.63) is 0 Å². The molecule has 1 amide bonds. The molecule has 0 aromatic carbocycles. The van der Waals surface area contributed by atoms with Gasteiger partial charge in [0.2, 0.25) is 5.91 Å². The van der Waals surface area contributed by atoms with Crippen molar-refractivity contribution in [3.63, 3.8) is 0 Å². The van der Waals surface area contributed by atoms with E-state index in [1.165, 1.54) is 6.42 Å². The van der Waals surface area contributed by atoms with Crippen molar-refractivity contribution >= 4 is 18.3 Å². The van der Waals surface area contributed by atoms with Crippen LogP contribution in [0.1, 0.15) is 59.8 Å². The maximum Gasteiger partial charge on any atom is 0.223 e. The van der Waals surface area contributed by atoms with Crippen molar-refractivity contribution in [3.8, 4) is 0 Å². The molecule has 0 aromatic rings. The first kappa shape index (κ1) is 18.7. The summed E-state index contributed by atoms with van der Waals surface area (Å²) in [4.78, 5) is 14.5. The normalized spacial score (nSPS) is 21.7. The summed E-state index contributed by atoms with van der Waals surface area (Å²) in [5.74, 6) is 0.751. The Kier molecular flexibility index (Phi) is 7.99. The highest BCUT2D eigenvalue weighted by Crippen LogP contribution is 2.30. The molecular formula is C15H31ClN2O. The molecule has 19 heavy (non-hydrogen) atoms. The predicted octanol–water partition coefficient (Wildman–Crippen LogP) is 3.21. The van der Waals surface area contributed by atoms with Crippen molar-refractivity contribution in [2.24, 2.45) is 17.1 Å².